The van der Waals surface area contributed by atoms with E-state index in [2.05, 4.69) is 15.3 Å². The van der Waals surface area contributed by atoms with Crippen LogP contribution in [0.1, 0.15) is 16.1 Å². The highest BCUT2D eigenvalue weighted by Crippen LogP contribution is 2.18. The monoisotopic (exact) mass is 317 g/mol. The Kier molecular flexibility index (Phi) is 3.59. The Morgan fingerprint density at radius 1 is 1.12 bits per heavy atom. The third kappa shape index (κ3) is 2.79. The quantitative estimate of drug-likeness (QED) is 0.602. The highest BCUT2D eigenvalue weighted by atomic mass is 16.3. The Morgan fingerprint density at radius 2 is 2.04 bits per heavy atom. The standard InChI is InChI=1S/C19H15N3O2/c23-19(17-11-14-4-1-2-5-15(14)22-17)21-12-13-7-8-20-16(10-13)18-6-3-9-24-18/h1-11,22H,12H2,(H,21,23). The first-order chi connectivity index (χ1) is 11.8. The number of pyridine rings is 1. The summed E-state index contributed by atoms with van der Waals surface area (Å²) in [5.41, 5.74) is 3.21. The lowest BCUT2D eigenvalue weighted by Crippen LogP contribution is -2.23. The molecule has 0 aliphatic carbocycles. The zero-order valence-corrected chi connectivity index (χ0v) is 12.8. The van der Waals surface area contributed by atoms with Gasteiger partial charge in [-0.1, -0.05) is 18.2 Å². The van der Waals surface area contributed by atoms with Crippen molar-refractivity contribution < 1.29 is 9.21 Å². The van der Waals surface area contributed by atoms with Gasteiger partial charge in [-0.15, -0.1) is 0 Å². The van der Waals surface area contributed by atoms with Crippen LogP contribution in [0.4, 0.5) is 0 Å². The fraction of sp³-hybridized carbons (Fsp3) is 0.0526. The van der Waals surface area contributed by atoms with Crippen LogP contribution in [0, 0.1) is 0 Å². The third-order valence-electron chi connectivity index (χ3n) is 3.83. The molecule has 3 aromatic heterocycles. The van der Waals surface area contributed by atoms with Crippen molar-refractivity contribution in [2.45, 2.75) is 6.54 Å². The molecule has 1 aromatic carbocycles. The van der Waals surface area contributed by atoms with Gasteiger partial charge in [0.2, 0.25) is 0 Å². The molecule has 0 aliphatic rings. The van der Waals surface area contributed by atoms with Crippen molar-refractivity contribution in [3.63, 3.8) is 0 Å². The summed E-state index contributed by atoms with van der Waals surface area (Å²) in [5.74, 6) is 0.571. The molecule has 0 radical (unpaired) electrons. The van der Waals surface area contributed by atoms with E-state index in [1.165, 1.54) is 0 Å². The Labute approximate surface area is 138 Å². The van der Waals surface area contributed by atoms with E-state index in [4.69, 9.17) is 4.42 Å². The number of carbonyl (C=O) groups is 1. The van der Waals surface area contributed by atoms with Gasteiger partial charge in [-0.25, -0.2) is 0 Å². The lowest BCUT2D eigenvalue weighted by molar-refractivity contribution is 0.0946. The number of hydrogen-bond donors (Lipinski definition) is 2. The summed E-state index contributed by atoms with van der Waals surface area (Å²) in [5, 5.41) is 3.94. The Balaban J connectivity index is 1.48. The molecule has 0 saturated heterocycles. The number of carbonyl (C=O) groups excluding carboxylic acids is 1. The number of H-pyrrole nitrogens is 1. The fourth-order valence-electron chi connectivity index (χ4n) is 2.62. The molecule has 118 valence electrons. The number of para-hydroxylation sites is 1. The maximum atomic E-state index is 12.3. The van der Waals surface area contributed by atoms with Crippen LogP contribution in [0.25, 0.3) is 22.4 Å². The van der Waals surface area contributed by atoms with Crippen molar-refractivity contribution >= 4 is 16.8 Å². The Hall–Kier alpha value is -3.34. The minimum atomic E-state index is -0.137. The first-order valence-electron chi connectivity index (χ1n) is 7.64. The van der Waals surface area contributed by atoms with E-state index in [-0.39, 0.29) is 5.91 Å². The molecule has 0 unspecified atom stereocenters. The van der Waals surface area contributed by atoms with Crippen LogP contribution in [0.2, 0.25) is 0 Å². The summed E-state index contributed by atoms with van der Waals surface area (Å²) >= 11 is 0. The molecule has 24 heavy (non-hydrogen) atoms. The zero-order valence-electron chi connectivity index (χ0n) is 12.8. The van der Waals surface area contributed by atoms with Gasteiger partial charge >= 0.3 is 0 Å². The SMILES string of the molecule is O=C(NCc1ccnc(-c2ccco2)c1)c1cc2ccccc2[nH]1. The van der Waals surface area contributed by atoms with Gasteiger partial charge in [0.25, 0.3) is 5.91 Å². The fourth-order valence-corrected chi connectivity index (χ4v) is 2.62. The number of rotatable bonds is 4. The van der Waals surface area contributed by atoms with Crippen LogP contribution in [0.5, 0.6) is 0 Å². The molecule has 0 saturated carbocycles. The van der Waals surface area contributed by atoms with E-state index in [9.17, 15) is 4.79 Å². The highest BCUT2D eigenvalue weighted by Gasteiger charge is 2.09. The number of amides is 1. The number of nitrogens with zero attached hydrogens (tertiary/aromatic N) is 1. The second-order valence-corrected chi connectivity index (χ2v) is 5.48. The molecule has 0 bridgehead atoms. The number of furan rings is 1. The van der Waals surface area contributed by atoms with Gasteiger partial charge in [0, 0.05) is 23.6 Å². The molecule has 4 aromatic rings. The number of hydrogen-bond acceptors (Lipinski definition) is 3. The molecule has 5 heteroatoms. The van der Waals surface area contributed by atoms with Crippen molar-refractivity contribution in [2.75, 3.05) is 0 Å². The van der Waals surface area contributed by atoms with Gasteiger partial charge in [0.1, 0.15) is 11.4 Å². The summed E-state index contributed by atoms with van der Waals surface area (Å²) in [6, 6.07) is 17.1. The van der Waals surface area contributed by atoms with Crippen molar-refractivity contribution in [1.29, 1.82) is 0 Å². The van der Waals surface area contributed by atoms with Crippen LogP contribution < -0.4 is 5.32 Å². The molecule has 1 amide bonds. The van der Waals surface area contributed by atoms with E-state index >= 15 is 0 Å². The molecular formula is C19H15N3O2. The maximum absolute atomic E-state index is 12.3. The number of nitrogens with one attached hydrogen (secondary N) is 2. The summed E-state index contributed by atoms with van der Waals surface area (Å²) in [7, 11) is 0. The highest BCUT2D eigenvalue weighted by molar-refractivity contribution is 5.97. The Morgan fingerprint density at radius 3 is 2.88 bits per heavy atom. The van der Waals surface area contributed by atoms with Crippen LogP contribution in [0.15, 0.2) is 71.5 Å². The van der Waals surface area contributed by atoms with Crippen LogP contribution >= 0.6 is 0 Å². The predicted octanol–water partition coefficient (Wildman–Crippen LogP) is 3.75. The molecule has 0 spiro atoms. The minimum absolute atomic E-state index is 0.137. The molecule has 4 rings (SSSR count). The van der Waals surface area contributed by atoms with Crippen molar-refractivity contribution in [2.24, 2.45) is 0 Å². The summed E-state index contributed by atoms with van der Waals surface area (Å²) in [6.07, 6.45) is 3.32. The molecule has 3 heterocycles. The predicted molar refractivity (Wildman–Crippen MR) is 91.4 cm³/mol. The number of aromatic amines is 1. The van der Waals surface area contributed by atoms with Gasteiger partial charge < -0.3 is 14.7 Å². The summed E-state index contributed by atoms with van der Waals surface area (Å²) in [4.78, 5) is 19.7. The second kappa shape index (κ2) is 6.04. The zero-order chi connectivity index (χ0) is 16.4. The van der Waals surface area contributed by atoms with Gasteiger partial charge in [0.05, 0.1) is 6.26 Å². The van der Waals surface area contributed by atoms with Crippen LogP contribution in [-0.4, -0.2) is 15.9 Å². The lowest BCUT2D eigenvalue weighted by Gasteiger charge is -2.05. The minimum Gasteiger partial charge on any atom is -0.463 e. The van der Waals surface area contributed by atoms with Gasteiger partial charge in [-0.05, 0) is 42.0 Å². The van der Waals surface area contributed by atoms with Gasteiger partial charge in [-0.2, -0.15) is 0 Å². The van der Waals surface area contributed by atoms with E-state index < -0.39 is 0 Å². The van der Waals surface area contributed by atoms with Gasteiger partial charge in [-0.3, -0.25) is 9.78 Å². The Bertz CT molecular complexity index is 954. The van der Waals surface area contributed by atoms with E-state index in [1.807, 2.05) is 54.6 Å². The van der Waals surface area contributed by atoms with E-state index in [0.717, 1.165) is 22.2 Å². The topological polar surface area (TPSA) is 70.9 Å². The smallest absolute Gasteiger partial charge is 0.267 e. The van der Waals surface area contributed by atoms with Gasteiger partial charge in [0.15, 0.2) is 5.76 Å². The average molecular weight is 317 g/mol. The number of fused-ring (bicyclic) bond motifs is 1. The second-order valence-electron chi connectivity index (χ2n) is 5.48. The average Bonchev–Trinajstić information content (AvgIpc) is 3.29. The molecule has 0 fully saturated rings. The molecule has 0 atom stereocenters. The normalized spacial score (nSPS) is 10.8. The van der Waals surface area contributed by atoms with Crippen molar-refractivity contribution in [3.8, 4) is 11.5 Å². The molecular weight excluding hydrogens is 302 g/mol. The maximum Gasteiger partial charge on any atom is 0.267 e. The van der Waals surface area contributed by atoms with Crippen molar-refractivity contribution in [1.82, 2.24) is 15.3 Å². The third-order valence-corrected chi connectivity index (χ3v) is 3.83. The number of benzene rings is 1. The van der Waals surface area contributed by atoms with E-state index in [1.54, 1.807) is 12.5 Å². The summed E-state index contributed by atoms with van der Waals surface area (Å²) in [6.45, 7) is 0.421. The van der Waals surface area contributed by atoms with Crippen LogP contribution in [0.3, 0.4) is 0 Å². The largest absolute Gasteiger partial charge is 0.463 e. The molecule has 5 nitrogen and oxygen atoms in total. The molecule has 0 aliphatic heterocycles. The van der Waals surface area contributed by atoms with Crippen LogP contribution in [-0.2, 0) is 6.54 Å². The first-order valence-corrected chi connectivity index (χ1v) is 7.64. The van der Waals surface area contributed by atoms with E-state index in [0.29, 0.717) is 18.0 Å². The molecule has 2 N–H and O–H groups in total. The van der Waals surface area contributed by atoms with Crippen molar-refractivity contribution in [3.05, 3.63) is 78.3 Å². The lowest BCUT2D eigenvalue weighted by atomic mass is 10.2. The first kappa shape index (κ1) is 14.3. The summed E-state index contributed by atoms with van der Waals surface area (Å²) < 4.78 is 5.35. The number of aromatic nitrogens is 2.